The van der Waals surface area contributed by atoms with E-state index in [0.717, 1.165) is 30.5 Å². The molecule has 0 bridgehead atoms. The van der Waals surface area contributed by atoms with Gasteiger partial charge in [-0.3, -0.25) is 23.7 Å². The van der Waals surface area contributed by atoms with Crippen LogP contribution in [0.25, 0.3) is 11.1 Å². The number of hydrogen-bond donors (Lipinski definition) is 3. The van der Waals surface area contributed by atoms with Crippen molar-refractivity contribution < 1.29 is 55.1 Å². The first-order valence-corrected chi connectivity index (χ1v) is 16.9. The van der Waals surface area contributed by atoms with Gasteiger partial charge >= 0.3 is 31.2 Å². The quantitative estimate of drug-likeness (QED) is 0.0587. The number of nitro benzene ring substituents is 1. The molecule has 3 aromatic carbocycles. The van der Waals surface area contributed by atoms with Crippen LogP contribution in [0, 0.1) is 10.1 Å². The molecular formula is C32H31F5N5O9P. The summed E-state index contributed by atoms with van der Waals surface area (Å²) in [5, 5.41) is 24.7. The highest BCUT2D eigenvalue weighted by Crippen LogP contribution is 2.48. The van der Waals surface area contributed by atoms with Crippen molar-refractivity contribution in [2.45, 2.75) is 57.0 Å². The average molecular weight is 756 g/mol. The minimum absolute atomic E-state index is 0.148. The van der Waals surface area contributed by atoms with Crippen LogP contribution < -0.4 is 21.2 Å². The highest BCUT2D eigenvalue weighted by Gasteiger charge is 2.60. The Kier molecular flexibility index (Phi) is 11.1. The summed E-state index contributed by atoms with van der Waals surface area (Å²) >= 11 is 0. The van der Waals surface area contributed by atoms with E-state index in [1.54, 1.807) is 26.0 Å². The number of aliphatic hydroxyl groups excluding tert-OH is 1. The van der Waals surface area contributed by atoms with Gasteiger partial charge in [0.1, 0.15) is 17.7 Å². The lowest BCUT2D eigenvalue weighted by Crippen LogP contribution is -2.42. The number of alkyl halides is 5. The highest BCUT2D eigenvalue weighted by atomic mass is 31.2. The number of ether oxygens (including phenoxy) is 2. The summed E-state index contributed by atoms with van der Waals surface area (Å²) in [4.78, 5) is 26.6. The fourth-order valence-electron chi connectivity index (χ4n) is 5.04. The van der Waals surface area contributed by atoms with E-state index in [-0.39, 0.29) is 22.9 Å². The van der Waals surface area contributed by atoms with E-state index in [2.05, 4.69) is 10.1 Å². The molecule has 1 fully saturated rings. The van der Waals surface area contributed by atoms with Gasteiger partial charge in [-0.2, -0.15) is 26.9 Å². The van der Waals surface area contributed by atoms with Crippen LogP contribution in [-0.2, 0) is 31.1 Å². The monoisotopic (exact) mass is 755 g/mol. The molecule has 2 heterocycles. The molecule has 0 aliphatic carbocycles. The van der Waals surface area contributed by atoms with Crippen LogP contribution in [0.4, 0.5) is 33.5 Å². The third-order valence-electron chi connectivity index (χ3n) is 7.56. The number of halogens is 5. The van der Waals surface area contributed by atoms with E-state index in [9.17, 15) is 46.5 Å². The zero-order chi connectivity index (χ0) is 38.0. The van der Waals surface area contributed by atoms with Crippen LogP contribution in [0.15, 0.2) is 83.8 Å². The predicted octanol–water partition coefficient (Wildman–Crippen LogP) is 6.44. The SMILES string of the molecule is CC(C)NP(=O)(OCc1ccc([N+](=O)[O-])c(Oc2ccc(-c3ccc(C(F)(F)F)cc3)cc2)c1)OCC1OC(n2ccc(N)nc2=O)C(F)(F)C1O. The normalized spacial score (nSPS) is 19.8. The number of nitrogens with one attached hydrogen (secondary N) is 1. The number of anilines is 1. The number of aliphatic hydroxyl groups is 1. The zero-order valence-corrected chi connectivity index (χ0v) is 28.1. The fourth-order valence-corrected chi connectivity index (χ4v) is 6.56. The third kappa shape index (κ3) is 8.80. The van der Waals surface area contributed by atoms with Crippen LogP contribution in [0.5, 0.6) is 11.5 Å². The molecule has 52 heavy (non-hydrogen) atoms. The molecule has 0 spiro atoms. The first-order chi connectivity index (χ1) is 24.4. The zero-order valence-electron chi connectivity index (χ0n) is 27.2. The predicted molar refractivity (Wildman–Crippen MR) is 174 cm³/mol. The maximum Gasteiger partial charge on any atom is 0.416 e. The second-order valence-electron chi connectivity index (χ2n) is 11.8. The summed E-state index contributed by atoms with van der Waals surface area (Å²) < 4.78 is 105. The van der Waals surface area contributed by atoms with Crippen molar-refractivity contribution >= 4 is 19.3 Å². The minimum Gasteiger partial charge on any atom is -0.450 e. The molecule has 4 atom stereocenters. The van der Waals surface area contributed by atoms with Crippen molar-refractivity contribution in [3.63, 3.8) is 0 Å². The fraction of sp³-hybridized carbons (Fsp3) is 0.312. The summed E-state index contributed by atoms with van der Waals surface area (Å²) in [5.41, 5.74) is 4.28. The maximum atomic E-state index is 15.0. The molecule has 4 unspecified atom stereocenters. The van der Waals surface area contributed by atoms with E-state index in [0.29, 0.717) is 15.7 Å². The first kappa shape index (κ1) is 38.5. The lowest BCUT2D eigenvalue weighted by atomic mass is 10.0. The molecule has 4 N–H and O–H groups in total. The Balaban J connectivity index is 1.28. The van der Waals surface area contributed by atoms with Gasteiger partial charge in [0, 0.05) is 18.3 Å². The molecule has 1 saturated heterocycles. The summed E-state index contributed by atoms with van der Waals surface area (Å²) in [7, 11) is -4.35. The largest absolute Gasteiger partial charge is 0.450 e. The van der Waals surface area contributed by atoms with Gasteiger partial charge in [-0.1, -0.05) is 24.3 Å². The van der Waals surface area contributed by atoms with Gasteiger partial charge in [0.25, 0.3) is 0 Å². The number of hydrogen-bond acceptors (Lipinski definition) is 11. The van der Waals surface area contributed by atoms with E-state index < -0.39 is 79.4 Å². The second kappa shape index (κ2) is 15.1. The van der Waals surface area contributed by atoms with Crippen LogP contribution >= 0.6 is 7.75 Å². The van der Waals surface area contributed by atoms with Crippen molar-refractivity contribution in [1.82, 2.24) is 14.6 Å². The van der Waals surface area contributed by atoms with Crippen molar-refractivity contribution in [2.24, 2.45) is 0 Å². The smallest absolute Gasteiger partial charge is 0.416 e. The van der Waals surface area contributed by atoms with E-state index >= 15 is 0 Å². The third-order valence-corrected chi connectivity index (χ3v) is 9.35. The van der Waals surface area contributed by atoms with Crippen LogP contribution in [0.1, 0.15) is 31.2 Å². The standard InChI is InChI=1S/C32H31F5N5O9P/c1-18(2)40-52(47,49-17-26-28(43)31(33,34)29(51-26)41-14-13-27(38)39-30(41)44)48-16-19-3-12-24(42(45)46)25(15-19)50-23-10-6-21(7-11-23)20-4-8-22(9-5-20)32(35,36)37/h3-15,18,26,28-29,43H,16-17H2,1-2H3,(H,40,47)(H2,38,39,44). The Morgan fingerprint density at radius 2 is 1.71 bits per heavy atom. The van der Waals surface area contributed by atoms with Gasteiger partial charge in [-0.25, -0.2) is 14.4 Å². The Hall–Kier alpha value is -4.78. The van der Waals surface area contributed by atoms with Crippen molar-refractivity contribution in [1.29, 1.82) is 0 Å². The molecule has 278 valence electrons. The van der Waals surface area contributed by atoms with Crippen molar-refractivity contribution in [3.8, 4) is 22.6 Å². The first-order valence-electron chi connectivity index (χ1n) is 15.3. The van der Waals surface area contributed by atoms with Gasteiger partial charge in [-0.15, -0.1) is 0 Å². The number of nitro groups is 1. The number of nitrogens with two attached hydrogens (primary N) is 1. The van der Waals surface area contributed by atoms with Crippen molar-refractivity contribution in [2.75, 3.05) is 12.3 Å². The summed E-state index contributed by atoms with van der Waals surface area (Å²) in [6, 6.07) is 14.7. The number of nitrogen functional groups attached to an aromatic ring is 1. The molecule has 1 aliphatic heterocycles. The van der Waals surface area contributed by atoms with Crippen LogP contribution in [0.3, 0.4) is 0 Å². The molecular weight excluding hydrogens is 724 g/mol. The van der Waals surface area contributed by atoms with Gasteiger partial charge in [-0.05, 0) is 73.0 Å². The van der Waals surface area contributed by atoms with Crippen molar-refractivity contribution in [3.05, 3.63) is 111 Å². The molecule has 0 amide bonds. The molecule has 14 nitrogen and oxygen atoms in total. The number of rotatable bonds is 13. The molecule has 4 aromatic rings. The molecule has 5 rings (SSSR count). The van der Waals surface area contributed by atoms with Gasteiger partial charge in [0.15, 0.2) is 6.10 Å². The Morgan fingerprint density at radius 3 is 2.29 bits per heavy atom. The molecule has 20 heteroatoms. The summed E-state index contributed by atoms with van der Waals surface area (Å²) in [6.07, 6.45) is -10.1. The van der Waals surface area contributed by atoms with Crippen LogP contribution in [0.2, 0.25) is 0 Å². The number of aromatic nitrogens is 2. The van der Waals surface area contributed by atoms with Gasteiger partial charge in [0.2, 0.25) is 12.0 Å². The molecule has 0 saturated carbocycles. The Labute approximate surface area is 291 Å². The number of nitrogens with zero attached hydrogens (tertiary/aromatic N) is 3. The number of benzene rings is 3. The molecule has 0 radical (unpaired) electrons. The van der Waals surface area contributed by atoms with Gasteiger partial charge < -0.3 is 20.3 Å². The Bertz CT molecular complexity index is 2010. The van der Waals surface area contributed by atoms with E-state index in [1.165, 1.54) is 36.4 Å². The summed E-state index contributed by atoms with van der Waals surface area (Å²) in [6.45, 7) is 1.81. The summed E-state index contributed by atoms with van der Waals surface area (Å²) in [5.74, 6) is -4.30. The van der Waals surface area contributed by atoms with Gasteiger partial charge in [0.05, 0.1) is 23.7 Å². The maximum absolute atomic E-state index is 15.0. The topological polar surface area (TPSA) is 190 Å². The average Bonchev–Trinajstić information content (AvgIpc) is 3.29. The highest BCUT2D eigenvalue weighted by molar-refractivity contribution is 7.51. The van der Waals surface area contributed by atoms with Crippen LogP contribution in [-0.4, -0.2) is 50.4 Å². The Morgan fingerprint density at radius 1 is 1.08 bits per heavy atom. The minimum atomic E-state index is -4.49. The van der Waals surface area contributed by atoms with E-state index in [4.69, 9.17) is 24.3 Å². The molecule has 1 aliphatic rings. The second-order valence-corrected chi connectivity index (χ2v) is 13.6. The lowest BCUT2D eigenvalue weighted by molar-refractivity contribution is -0.385. The van der Waals surface area contributed by atoms with E-state index in [1.807, 2.05) is 0 Å². The molecule has 1 aromatic heterocycles. The lowest BCUT2D eigenvalue weighted by Gasteiger charge is -2.23.